The Morgan fingerprint density at radius 3 is 2.95 bits per heavy atom. The molecule has 1 fully saturated rings. The molecule has 112 valence electrons. The van der Waals surface area contributed by atoms with Crippen molar-refractivity contribution in [3.8, 4) is 0 Å². The van der Waals surface area contributed by atoms with Gasteiger partial charge in [-0.3, -0.25) is 14.7 Å². The molecule has 0 aromatic carbocycles. The van der Waals surface area contributed by atoms with E-state index >= 15 is 0 Å². The summed E-state index contributed by atoms with van der Waals surface area (Å²) >= 11 is 0. The lowest BCUT2D eigenvalue weighted by molar-refractivity contribution is -0.144. The molecule has 1 atom stereocenters. The second-order valence-electron chi connectivity index (χ2n) is 4.72. The van der Waals surface area contributed by atoms with Crippen LogP contribution in [0.4, 0.5) is 4.79 Å². The van der Waals surface area contributed by atoms with E-state index in [9.17, 15) is 14.4 Å². The Morgan fingerprint density at radius 2 is 2.29 bits per heavy atom. The van der Waals surface area contributed by atoms with Gasteiger partial charge in [0.25, 0.3) is 0 Å². The van der Waals surface area contributed by atoms with Crippen LogP contribution in [0, 0.1) is 6.92 Å². The number of carbonyl (C=O) groups is 3. The number of carboxylic acid groups (broad SMARTS) is 1. The molecular weight excluding hydrogens is 276 g/mol. The summed E-state index contributed by atoms with van der Waals surface area (Å²) in [6.07, 6.45) is 0. The Balaban J connectivity index is 2.00. The van der Waals surface area contributed by atoms with Gasteiger partial charge in [0.15, 0.2) is 0 Å². The van der Waals surface area contributed by atoms with Gasteiger partial charge in [-0.15, -0.1) is 0 Å². The van der Waals surface area contributed by atoms with Crippen molar-refractivity contribution < 1.29 is 19.5 Å². The Morgan fingerprint density at radius 1 is 1.52 bits per heavy atom. The summed E-state index contributed by atoms with van der Waals surface area (Å²) in [7, 11) is 0. The Kier molecular flexibility index (Phi) is 4.36. The molecule has 0 bridgehead atoms. The van der Waals surface area contributed by atoms with E-state index in [0.717, 1.165) is 10.6 Å². The van der Waals surface area contributed by atoms with Gasteiger partial charge in [-0.05, 0) is 19.1 Å². The van der Waals surface area contributed by atoms with Gasteiger partial charge in [-0.1, -0.05) is 6.07 Å². The van der Waals surface area contributed by atoms with Gasteiger partial charge in [0.1, 0.15) is 12.6 Å². The number of pyridine rings is 1. The average molecular weight is 292 g/mol. The maximum absolute atomic E-state index is 12.1. The minimum Gasteiger partial charge on any atom is -0.480 e. The van der Waals surface area contributed by atoms with Crippen LogP contribution in [0.3, 0.4) is 0 Å². The van der Waals surface area contributed by atoms with Crippen molar-refractivity contribution in [2.75, 3.05) is 13.1 Å². The van der Waals surface area contributed by atoms with Gasteiger partial charge >= 0.3 is 12.0 Å². The quantitative estimate of drug-likeness (QED) is 0.694. The van der Waals surface area contributed by atoms with Crippen LogP contribution in [0.15, 0.2) is 18.2 Å². The lowest BCUT2D eigenvalue weighted by atomic mass is 10.2. The number of carbonyl (C=O) groups excluding carboxylic acids is 2. The number of hydrogen-bond acceptors (Lipinski definition) is 4. The summed E-state index contributed by atoms with van der Waals surface area (Å²) in [5, 5.41) is 14.1. The second-order valence-corrected chi connectivity index (χ2v) is 4.72. The molecule has 2 rings (SSSR count). The molecule has 21 heavy (non-hydrogen) atoms. The lowest BCUT2D eigenvalue weighted by Crippen LogP contribution is -2.61. The van der Waals surface area contributed by atoms with E-state index in [1.54, 1.807) is 6.07 Å². The highest BCUT2D eigenvalue weighted by atomic mass is 16.4. The van der Waals surface area contributed by atoms with E-state index in [1.165, 1.54) is 0 Å². The molecule has 1 aromatic rings. The molecule has 0 aliphatic carbocycles. The van der Waals surface area contributed by atoms with Crippen LogP contribution in [-0.2, 0) is 16.1 Å². The molecule has 0 radical (unpaired) electrons. The first-order valence-corrected chi connectivity index (χ1v) is 6.44. The fourth-order valence-corrected chi connectivity index (χ4v) is 2.04. The van der Waals surface area contributed by atoms with Crippen LogP contribution >= 0.6 is 0 Å². The molecule has 2 heterocycles. The number of nitrogens with zero attached hydrogens (tertiary/aromatic N) is 2. The third-order valence-electron chi connectivity index (χ3n) is 3.10. The van der Waals surface area contributed by atoms with Gasteiger partial charge in [0.2, 0.25) is 5.91 Å². The minimum absolute atomic E-state index is 0.0930. The number of aryl methyl sites for hydroxylation is 1. The smallest absolute Gasteiger partial charge is 0.328 e. The van der Waals surface area contributed by atoms with Gasteiger partial charge in [-0.25, -0.2) is 9.59 Å². The van der Waals surface area contributed by atoms with Gasteiger partial charge < -0.3 is 15.7 Å². The van der Waals surface area contributed by atoms with Crippen LogP contribution in [0.25, 0.3) is 0 Å². The molecule has 0 spiro atoms. The van der Waals surface area contributed by atoms with E-state index in [2.05, 4.69) is 15.6 Å². The first-order chi connectivity index (χ1) is 9.97. The monoisotopic (exact) mass is 292 g/mol. The molecule has 8 heteroatoms. The number of nitrogens with one attached hydrogen (secondary N) is 2. The third kappa shape index (κ3) is 3.68. The van der Waals surface area contributed by atoms with Crippen molar-refractivity contribution in [1.82, 2.24) is 20.5 Å². The Hall–Kier alpha value is -2.64. The van der Waals surface area contributed by atoms with E-state index in [1.807, 2.05) is 19.1 Å². The number of aromatic nitrogens is 1. The fraction of sp³-hybridized carbons (Fsp3) is 0.385. The van der Waals surface area contributed by atoms with Crippen LogP contribution in [0.5, 0.6) is 0 Å². The highest BCUT2D eigenvalue weighted by Gasteiger charge is 2.35. The lowest BCUT2D eigenvalue weighted by Gasteiger charge is -2.32. The van der Waals surface area contributed by atoms with Crippen LogP contribution in [0.2, 0.25) is 0 Å². The number of carboxylic acids is 1. The molecule has 0 saturated carbocycles. The summed E-state index contributed by atoms with van der Waals surface area (Å²) in [4.78, 5) is 39.7. The van der Waals surface area contributed by atoms with Crippen LogP contribution in [-0.4, -0.2) is 52.0 Å². The standard InChI is InChI=1S/C13H16N4O4/c1-8-3-2-4-9(16-8)5-15-13(21)17-7-11(18)14-6-10(17)12(19)20/h2-4,10H,5-7H2,1H3,(H,14,18)(H,15,21)(H,19,20). The van der Waals surface area contributed by atoms with Crippen LogP contribution in [0.1, 0.15) is 11.4 Å². The second kappa shape index (κ2) is 6.21. The maximum atomic E-state index is 12.1. The number of piperazine rings is 1. The molecule has 1 aliphatic heterocycles. The van der Waals surface area contributed by atoms with Crippen molar-refractivity contribution in [1.29, 1.82) is 0 Å². The first-order valence-electron chi connectivity index (χ1n) is 6.44. The van der Waals surface area contributed by atoms with E-state index in [4.69, 9.17) is 5.11 Å². The van der Waals surface area contributed by atoms with Crippen molar-refractivity contribution in [2.45, 2.75) is 19.5 Å². The molecule has 1 aromatic heterocycles. The molecule has 8 nitrogen and oxygen atoms in total. The predicted octanol–water partition coefficient (Wildman–Crippen LogP) is -0.515. The number of urea groups is 1. The number of aliphatic carboxylic acids is 1. The number of hydrogen-bond donors (Lipinski definition) is 3. The third-order valence-corrected chi connectivity index (χ3v) is 3.10. The van der Waals surface area contributed by atoms with Gasteiger partial charge in [0, 0.05) is 12.2 Å². The highest BCUT2D eigenvalue weighted by Crippen LogP contribution is 2.06. The highest BCUT2D eigenvalue weighted by molar-refractivity contribution is 5.90. The largest absolute Gasteiger partial charge is 0.480 e. The topological polar surface area (TPSA) is 112 Å². The summed E-state index contributed by atoms with van der Waals surface area (Å²) in [6, 6.07) is 3.75. The van der Waals surface area contributed by atoms with Gasteiger partial charge in [0.05, 0.1) is 12.2 Å². The zero-order chi connectivity index (χ0) is 15.4. The van der Waals surface area contributed by atoms with Crippen molar-refractivity contribution >= 4 is 17.9 Å². The Bertz CT molecular complexity index is 575. The van der Waals surface area contributed by atoms with Crippen molar-refractivity contribution in [3.63, 3.8) is 0 Å². The fourth-order valence-electron chi connectivity index (χ4n) is 2.04. The molecule has 1 unspecified atom stereocenters. The zero-order valence-corrected chi connectivity index (χ0v) is 11.5. The molecule has 3 N–H and O–H groups in total. The summed E-state index contributed by atoms with van der Waals surface area (Å²) in [5.41, 5.74) is 1.49. The SMILES string of the molecule is Cc1cccc(CNC(=O)N2CC(=O)NCC2C(=O)O)n1. The van der Waals surface area contributed by atoms with E-state index in [0.29, 0.717) is 5.69 Å². The molecule has 1 saturated heterocycles. The summed E-state index contributed by atoms with van der Waals surface area (Å²) in [6.45, 7) is 1.64. The Labute approximate surface area is 121 Å². The van der Waals surface area contributed by atoms with Crippen molar-refractivity contribution in [3.05, 3.63) is 29.6 Å². The maximum Gasteiger partial charge on any atom is 0.328 e. The minimum atomic E-state index is -1.15. The normalized spacial score (nSPS) is 18.0. The first kappa shape index (κ1) is 14.8. The number of amides is 3. The summed E-state index contributed by atoms with van der Waals surface area (Å²) in [5.74, 6) is -1.53. The van der Waals surface area contributed by atoms with Crippen LogP contribution < -0.4 is 10.6 Å². The molecule has 1 aliphatic rings. The average Bonchev–Trinajstić information content (AvgIpc) is 2.44. The summed E-state index contributed by atoms with van der Waals surface area (Å²) < 4.78 is 0. The predicted molar refractivity (Wildman–Crippen MR) is 72.3 cm³/mol. The number of rotatable bonds is 3. The van der Waals surface area contributed by atoms with E-state index in [-0.39, 0.29) is 25.5 Å². The van der Waals surface area contributed by atoms with Gasteiger partial charge in [-0.2, -0.15) is 0 Å². The van der Waals surface area contributed by atoms with E-state index < -0.39 is 18.0 Å². The van der Waals surface area contributed by atoms with Crippen molar-refractivity contribution in [2.24, 2.45) is 0 Å². The molecular formula is C13H16N4O4. The molecule has 3 amide bonds. The zero-order valence-electron chi connectivity index (χ0n) is 11.5.